The molecule has 0 bridgehead atoms. The first-order valence-corrected chi connectivity index (χ1v) is 8.66. The van der Waals surface area contributed by atoms with Crippen LogP contribution in [0.15, 0.2) is 24.3 Å². The minimum atomic E-state index is 0.284. The molecule has 2 aromatic rings. The molecule has 3 nitrogen and oxygen atoms in total. The molecule has 4 heteroatoms. The Hall–Kier alpha value is -0.970. The summed E-state index contributed by atoms with van der Waals surface area (Å²) in [6.07, 6.45) is 1.25. The second kappa shape index (κ2) is 6.03. The van der Waals surface area contributed by atoms with Crippen LogP contribution in [0.1, 0.15) is 32.2 Å². The van der Waals surface area contributed by atoms with Crippen LogP contribution >= 0.6 is 11.3 Å². The largest absolute Gasteiger partial charge is 0.297 e. The molecule has 3 rings (SSSR count). The third kappa shape index (κ3) is 3.62. The third-order valence-electron chi connectivity index (χ3n) is 4.23. The summed E-state index contributed by atoms with van der Waals surface area (Å²) < 4.78 is 1.30. The summed E-state index contributed by atoms with van der Waals surface area (Å²) >= 11 is 1.84. The van der Waals surface area contributed by atoms with Gasteiger partial charge in [-0.3, -0.25) is 9.80 Å². The minimum absolute atomic E-state index is 0.284. The molecule has 2 heterocycles. The van der Waals surface area contributed by atoms with Crippen molar-refractivity contribution >= 4 is 21.6 Å². The molecule has 0 N–H and O–H groups in total. The summed E-state index contributed by atoms with van der Waals surface area (Å²) in [6, 6.07) is 8.44. The quantitative estimate of drug-likeness (QED) is 0.845. The second-order valence-corrected chi connectivity index (χ2v) is 7.98. The Morgan fingerprint density at radius 3 is 2.67 bits per heavy atom. The van der Waals surface area contributed by atoms with Crippen LogP contribution in [0.25, 0.3) is 10.2 Å². The van der Waals surface area contributed by atoms with E-state index in [9.17, 15) is 0 Å². The van der Waals surface area contributed by atoms with Gasteiger partial charge in [0.2, 0.25) is 0 Å². The second-order valence-electron chi connectivity index (χ2n) is 6.86. The maximum Gasteiger partial charge on any atom is 0.108 e. The molecule has 1 fully saturated rings. The van der Waals surface area contributed by atoms with Crippen molar-refractivity contribution in [2.45, 2.75) is 39.3 Å². The first-order valence-electron chi connectivity index (χ1n) is 7.84. The maximum absolute atomic E-state index is 4.77. The average molecular weight is 303 g/mol. The topological polar surface area (TPSA) is 19.4 Å². The maximum atomic E-state index is 4.77. The van der Waals surface area contributed by atoms with Crippen molar-refractivity contribution in [1.29, 1.82) is 0 Å². The Morgan fingerprint density at radius 1 is 1.10 bits per heavy atom. The number of hydrogen-bond acceptors (Lipinski definition) is 4. The third-order valence-corrected chi connectivity index (χ3v) is 5.26. The molecule has 1 saturated heterocycles. The Labute approximate surface area is 131 Å². The Bertz CT molecular complexity index is 566. The molecule has 1 aliphatic heterocycles. The Kier molecular flexibility index (Phi) is 4.29. The van der Waals surface area contributed by atoms with E-state index >= 15 is 0 Å². The standard InChI is InChI=1S/C17H25N3S/c1-17(2,3)20-10-6-9-19(11-12-20)13-16-18-14-7-4-5-8-15(14)21-16/h4-5,7-8H,6,9-13H2,1-3H3. The molecule has 0 aliphatic carbocycles. The van der Waals surface area contributed by atoms with Gasteiger partial charge in [0, 0.05) is 18.6 Å². The molecule has 1 aromatic carbocycles. The van der Waals surface area contributed by atoms with Crippen LogP contribution in [0.4, 0.5) is 0 Å². The van der Waals surface area contributed by atoms with E-state index in [1.807, 2.05) is 11.3 Å². The fraction of sp³-hybridized carbons (Fsp3) is 0.588. The average Bonchev–Trinajstić information content (AvgIpc) is 2.66. The van der Waals surface area contributed by atoms with Crippen LogP contribution in [0, 0.1) is 0 Å². The van der Waals surface area contributed by atoms with E-state index in [1.165, 1.54) is 29.2 Å². The van der Waals surface area contributed by atoms with Gasteiger partial charge in [0.1, 0.15) is 5.01 Å². The Balaban J connectivity index is 1.65. The fourth-order valence-corrected chi connectivity index (χ4v) is 3.99. The van der Waals surface area contributed by atoms with E-state index in [0.717, 1.165) is 25.2 Å². The van der Waals surface area contributed by atoms with Gasteiger partial charge in [-0.15, -0.1) is 11.3 Å². The van der Waals surface area contributed by atoms with Crippen molar-refractivity contribution in [3.63, 3.8) is 0 Å². The van der Waals surface area contributed by atoms with E-state index in [-0.39, 0.29) is 5.54 Å². The number of para-hydroxylation sites is 1. The van der Waals surface area contributed by atoms with E-state index in [0.29, 0.717) is 0 Å². The van der Waals surface area contributed by atoms with E-state index < -0.39 is 0 Å². The van der Waals surface area contributed by atoms with E-state index in [4.69, 9.17) is 4.98 Å². The molecule has 0 saturated carbocycles. The highest BCUT2D eigenvalue weighted by molar-refractivity contribution is 7.18. The molecule has 114 valence electrons. The highest BCUT2D eigenvalue weighted by Crippen LogP contribution is 2.23. The lowest BCUT2D eigenvalue weighted by Crippen LogP contribution is -2.43. The zero-order valence-electron chi connectivity index (χ0n) is 13.3. The van der Waals surface area contributed by atoms with Crippen LogP contribution in [-0.4, -0.2) is 46.5 Å². The molecule has 21 heavy (non-hydrogen) atoms. The molecule has 0 unspecified atom stereocenters. The normalized spacial score (nSPS) is 19.0. The van der Waals surface area contributed by atoms with Crippen LogP contribution in [0.5, 0.6) is 0 Å². The van der Waals surface area contributed by atoms with Gasteiger partial charge in [-0.25, -0.2) is 4.98 Å². The number of nitrogens with zero attached hydrogens (tertiary/aromatic N) is 3. The molecular weight excluding hydrogens is 278 g/mol. The fourth-order valence-electron chi connectivity index (χ4n) is 2.98. The van der Waals surface area contributed by atoms with Crippen molar-refractivity contribution < 1.29 is 0 Å². The highest BCUT2D eigenvalue weighted by Gasteiger charge is 2.24. The monoisotopic (exact) mass is 303 g/mol. The number of thiazole rings is 1. The van der Waals surface area contributed by atoms with Crippen molar-refractivity contribution in [3.8, 4) is 0 Å². The zero-order valence-corrected chi connectivity index (χ0v) is 14.1. The molecule has 0 radical (unpaired) electrons. The highest BCUT2D eigenvalue weighted by atomic mass is 32.1. The molecule has 1 aromatic heterocycles. The van der Waals surface area contributed by atoms with Gasteiger partial charge in [0.25, 0.3) is 0 Å². The van der Waals surface area contributed by atoms with Gasteiger partial charge in [-0.2, -0.15) is 0 Å². The van der Waals surface area contributed by atoms with Crippen LogP contribution in [-0.2, 0) is 6.54 Å². The van der Waals surface area contributed by atoms with Crippen LogP contribution < -0.4 is 0 Å². The summed E-state index contributed by atoms with van der Waals surface area (Å²) in [5.74, 6) is 0. The van der Waals surface area contributed by atoms with Gasteiger partial charge in [-0.05, 0) is 52.4 Å². The number of benzene rings is 1. The lowest BCUT2D eigenvalue weighted by Gasteiger charge is -2.34. The summed E-state index contributed by atoms with van der Waals surface area (Å²) in [5, 5.41) is 1.25. The van der Waals surface area contributed by atoms with Gasteiger partial charge < -0.3 is 0 Å². The smallest absolute Gasteiger partial charge is 0.108 e. The van der Waals surface area contributed by atoms with Crippen LogP contribution in [0.3, 0.4) is 0 Å². The number of fused-ring (bicyclic) bond motifs is 1. The molecule has 0 atom stereocenters. The molecule has 0 spiro atoms. The lowest BCUT2D eigenvalue weighted by molar-refractivity contribution is 0.140. The number of aromatic nitrogens is 1. The molecule has 0 amide bonds. The summed E-state index contributed by atoms with van der Waals surface area (Å²) in [7, 11) is 0. The molecule has 1 aliphatic rings. The minimum Gasteiger partial charge on any atom is -0.297 e. The van der Waals surface area contributed by atoms with E-state index in [2.05, 4.69) is 54.8 Å². The predicted molar refractivity (Wildman–Crippen MR) is 90.8 cm³/mol. The molecular formula is C17H25N3S. The first-order chi connectivity index (χ1) is 10.0. The van der Waals surface area contributed by atoms with Crippen molar-refractivity contribution in [2.24, 2.45) is 0 Å². The summed E-state index contributed by atoms with van der Waals surface area (Å²) in [5.41, 5.74) is 1.43. The number of rotatable bonds is 2. The van der Waals surface area contributed by atoms with E-state index in [1.54, 1.807) is 0 Å². The first kappa shape index (κ1) is 14.9. The SMILES string of the molecule is CC(C)(C)N1CCCN(Cc2nc3ccccc3s2)CC1. The Morgan fingerprint density at radius 2 is 1.90 bits per heavy atom. The lowest BCUT2D eigenvalue weighted by atomic mass is 10.1. The summed E-state index contributed by atoms with van der Waals surface area (Å²) in [4.78, 5) is 9.93. The zero-order chi connectivity index (χ0) is 14.9. The van der Waals surface area contributed by atoms with Gasteiger partial charge >= 0.3 is 0 Å². The van der Waals surface area contributed by atoms with Crippen LogP contribution in [0.2, 0.25) is 0 Å². The van der Waals surface area contributed by atoms with Crippen molar-refractivity contribution in [2.75, 3.05) is 26.2 Å². The van der Waals surface area contributed by atoms with Crippen molar-refractivity contribution in [1.82, 2.24) is 14.8 Å². The van der Waals surface area contributed by atoms with Gasteiger partial charge in [0.15, 0.2) is 0 Å². The number of hydrogen-bond donors (Lipinski definition) is 0. The van der Waals surface area contributed by atoms with Gasteiger partial charge in [0.05, 0.1) is 16.8 Å². The van der Waals surface area contributed by atoms with Crippen molar-refractivity contribution in [3.05, 3.63) is 29.3 Å². The summed E-state index contributed by atoms with van der Waals surface area (Å²) in [6.45, 7) is 12.6. The predicted octanol–water partition coefficient (Wildman–Crippen LogP) is 3.60. The van der Waals surface area contributed by atoms with Gasteiger partial charge in [-0.1, -0.05) is 12.1 Å².